The summed E-state index contributed by atoms with van der Waals surface area (Å²) in [5, 5.41) is 5.30. The zero-order valence-electron chi connectivity index (χ0n) is 10.1. The predicted molar refractivity (Wildman–Crippen MR) is 65.6 cm³/mol. The molecule has 1 atom stereocenters. The topological polar surface area (TPSA) is 58.2 Å². The maximum absolute atomic E-state index is 13.3. The van der Waals surface area contributed by atoms with Crippen LogP contribution in [-0.4, -0.2) is 17.9 Å². The van der Waals surface area contributed by atoms with Crippen molar-refractivity contribution >= 4 is 17.5 Å². The lowest BCUT2D eigenvalue weighted by Crippen LogP contribution is -2.47. The van der Waals surface area contributed by atoms with E-state index < -0.39 is 6.04 Å². The highest BCUT2D eigenvalue weighted by molar-refractivity contribution is 6.01. The maximum atomic E-state index is 13.3. The molecule has 0 bridgehead atoms. The lowest BCUT2D eigenvalue weighted by Gasteiger charge is -2.23. The third-order valence-corrected chi connectivity index (χ3v) is 3.01. The van der Waals surface area contributed by atoms with Crippen LogP contribution in [0.4, 0.5) is 10.1 Å². The summed E-state index contributed by atoms with van der Waals surface area (Å²) in [6, 6.07) is 4.24. The molecule has 0 aromatic heterocycles. The van der Waals surface area contributed by atoms with Crippen LogP contribution in [0.1, 0.15) is 25.3 Å². The lowest BCUT2D eigenvalue weighted by molar-refractivity contribution is -0.133. The molecule has 4 nitrogen and oxygen atoms in total. The van der Waals surface area contributed by atoms with Gasteiger partial charge < -0.3 is 5.32 Å². The average Bonchev–Trinajstić information content (AvgIpc) is 2.35. The van der Waals surface area contributed by atoms with Crippen molar-refractivity contribution in [2.24, 2.45) is 0 Å². The van der Waals surface area contributed by atoms with Crippen LogP contribution >= 0.6 is 0 Å². The first-order valence-corrected chi connectivity index (χ1v) is 5.99. The number of piperidine rings is 1. The summed E-state index contributed by atoms with van der Waals surface area (Å²) in [4.78, 5) is 22.6. The van der Waals surface area contributed by atoms with Crippen LogP contribution in [0, 0.1) is 5.82 Å². The first-order chi connectivity index (χ1) is 8.60. The van der Waals surface area contributed by atoms with E-state index in [2.05, 4.69) is 10.6 Å². The number of anilines is 1. The van der Waals surface area contributed by atoms with Crippen molar-refractivity contribution in [3.05, 3.63) is 29.6 Å². The molecule has 5 heteroatoms. The SMILES string of the molecule is CCc1cc(NC2CCC(=O)NC2=O)ccc1F. The molecule has 0 aliphatic carbocycles. The van der Waals surface area contributed by atoms with Crippen molar-refractivity contribution in [2.75, 3.05) is 5.32 Å². The van der Waals surface area contributed by atoms with Gasteiger partial charge in [0.15, 0.2) is 0 Å². The second-order valence-electron chi connectivity index (χ2n) is 4.31. The number of imide groups is 1. The molecule has 1 saturated heterocycles. The summed E-state index contributed by atoms with van der Waals surface area (Å²) < 4.78 is 13.3. The van der Waals surface area contributed by atoms with E-state index >= 15 is 0 Å². The standard InChI is InChI=1S/C13H15FN2O2/c1-2-8-7-9(3-4-10(8)14)15-11-5-6-12(17)16-13(11)18/h3-4,7,11,15H,2,5-6H2,1H3,(H,16,17,18). The van der Waals surface area contributed by atoms with E-state index in [0.717, 1.165) is 0 Å². The van der Waals surface area contributed by atoms with Crippen LogP contribution in [0.2, 0.25) is 0 Å². The Kier molecular flexibility index (Phi) is 3.60. The highest BCUT2D eigenvalue weighted by atomic mass is 19.1. The van der Waals surface area contributed by atoms with E-state index in [0.29, 0.717) is 30.5 Å². The number of aryl methyl sites for hydroxylation is 1. The van der Waals surface area contributed by atoms with Crippen molar-refractivity contribution < 1.29 is 14.0 Å². The summed E-state index contributed by atoms with van der Waals surface area (Å²) in [5.74, 6) is -0.814. The van der Waals surface area contributed by atoms with Gasteiger partial charge in [-0.3, -0.25) is 14.9 Å². The number of hydrogen-bond donors (Lipinski definition) is 2. The number of carbonyl (C=O) groups excluding carboxylic acids is 2. The third-order valence-electron chi connectivity index (χ3n) is 3.01. The van der Waals surface area contributed by atoms with Gasteiger partial charge in [0.2, 0.25) is 11.8 Å². The minimum Gasteiger partial charge on any atom is -0.374 e. The van der Waals surface area contributed by atoms with Gasteiger partial charge in [-0.2, -0.15) is 0 Å². The molecule has 1 unspecified atom stereocenters. The summed E-state index contributed by atoms with van der Waals surface area (Å²) in [6.45, 7) is 1.87. The summed E-state index contributed by atoms with van der Waals surface area (Å²) in [5.41, 5.74) is 1.30. The van der Waals surface area contributed by atoms with Crippen molar-refractivity contribution in [3.8, 4) is 0 Å². The maximum Gasteiger partial charge on any atom is 0.249 e. The number of carbonyl (C=O) groups is 2. The van der Waals surface area contributed by atoms with E-state index in [4.69, 9.17) is 0 Å². The molecule has 18 heavy (non-hydrogen) atoms. The molecule has 1 heterocycles. The molecule has 1 aromatic carbocycles. The number of hydrogen-bond acceptors (Lipinski definition) is 3. The number of nitrogens with one attached hydrogen (secondary N) is 2. The Morgan fingerprint density at radius 1 is 1.44 bits per heavy atom. The fourth-order valence-electron chi connectivity index (χ4n) is 1.97. The van der Waals surface area contributed by atoms with E-state index in [9.17, 15) is 14.0 Å². The van der Waals surface area contributed by atoms with Gasteiger partial charge in [-0.05, 0) is 36.6 Å². The van der Waals surface area contributed by atoms with E-state index in [1.807, 2.05) is 6.92 Å². The Labute approximate surface area is 105 Å². The molecule has 0 radical (unpaired) electrons. The van der Waals surface area contributed by atoms with Gasteiger partial charge >= 0.3 is 0 Å². The largest absolute Gasteiger partial charge is 0.374 e. The molecule has 2 rings (SSSR count). The summed E-state index contributed by atoms with van der Waals surface area (Å²) >= 11 is 0. The van der Waals surface area contributed by atoms with Crippen molar-refractivity contribution in [1.29, 1.82) is 0 Å². The van der Waals surface area contributed by atoms with Crippen LogP contribution in [0.25, 0.3) is 0 Å². The zero-order chi connectivity index (χ0) is 13.1. The Balaban J connectivity index is 2.09. The normalized spacial score (nSPS) is 19.6. The molecular formula is C13H15FN2O2. The number of benzene rings is 1. The van der Waals surface area contributed by atoms with Crippen molar-refractivity contribution in [3.63, 3.8) is 0 Å². The summed E-state index contributed by atoms with van der Waals surface area (Å²) in [6.07, 6.45) is 1.38. The van der Waals surface area contributed by atoms with Crippen LogP contribution < -0.4 is 10.6 Å². The molecule has 2 amide bonds. The molecule has 1 aliphatic heterocycles. The smallest absolute Gasteiger partial charge is 0.249 e. The first-order valence-electron chi connectivity index (χ1n) is 5.99. The fourth-order valence-corrected chi connectivity index (χ4v) is 1.97. The van der Waals surface area contributed by atoms with Crippen LogP contribution in [0.5, 0.6) is 0 Å². The van der Waals surface area contributed by atoms with Gasteiger partial charge in [-0.15, -0.1) is 0 Å². The second-order valence-corrected chi connectivity index (χ2v) is 4.31. The quantitative estimate of drug-likeness (QED) is 0.801. The van der Waals surface area contributed by atoms with E-state index in [1.165, 1.54) is 6.07 Å². The predicted octanol–water partition coefficient (Wildman–Crippen LogP) is 1.61. The third kappa shape index (κ3) is 2.67. The lowest BCUT2D eigenvalue weighted by atomic mass is 10.1. The Morgan fingerprint density at radius 2 is 2.22 bits per heavy atom. The van der Waals surface area contributed by atoms with Crippen molar-refractivity contribution in [2.45, 2.75) is 32.2 Å². The van der Waals surface area contributed by atoms with Gasteiger partial charge in [0.25, 0.3) is 0 Å². The average molecular weight is 250 g/mol. The van der Waals surface area contributed by atoms with E-state index in [1.54, 1.807) is 12.1 Å². The number of halogens is 1. The monoisotopic (exact) mass is 250 g/mol. The molecule has 0 saturated carbocycles. The van der Waals surface area contributed by atoms with Crippen LogP contribution in [-0.2, 0) is 16.0 Å². The zero-order valence-corrected chi connectivity index (χ0v) is 10.1. The van der Waals surface area contributed by atoms with Crippen molar-refractivity contribution in [1.82, 2.24) is 5.32 Å². The Morgan fingerprint density at radius 3 is 2.89 bits per heavy atom. The first kappa shape index (κ1) is 12.5. The molecule has 1 aliphatic rings. The fraction of sp³-hybridized carbons (Fsp3) is 0.385. The highest BCUT2D eigenvalue weighted by Crippen LogP contribution is 2.18. The minimum atomic E-state index is -0.433. The molecule has 96 valence electrons. The van der Waals surface area contributed by atoms with Gasteiger partial charge in [0.1, 0.15) is 11.9 Å². The summed E-state index contributed by atoms with van der Waals surface area (Å²) in [7, 11) is 0. The molecule has 1 fully saturated rings. The van der Waals surface area contributed by atoms with Gasteiger partial charge in [-0.25, -0.2) is 4.39 Å². The highest BCUT2D eigenvalue weighted by Gasteiger charge is 2.26. The van der Waals surface area contributed by atoms with Gasteiger partial charge in [0, 0.05) is 12.1 Å². The van der Waals surface area contributed by atoms with Crippen LogP contribution in [0.15, 0.2) is 18.2 Å². The molecule has 1 aromatic rings. The van der Waals surface area contributed by atoms with Gasteiger partial charge in [-0.1, -0.05) is 6.92 Å². The Bertz CT molecular complexity index is 488. The number of rotatable bonds is 3. The van der Waals surface area contributed by atoms with Crippen LogP contribution in [0.3, 0.4) is 0 Å². The van der Waals surface area contributed by atoms with E-state index in [-0.39, 0.29) is 17.6 Å². The van der Waals surface area contributed by atoms with Gasteiger partial charge in [0.05, 0.1) is 0 Å². The minimum absolute atomic E-state index is 0.244. The Hall–Kier alpha value is -1.91. The second kappa shape index (κ2) is 5.16. The molecule has 2 N–H and O–H groups in total. The molecule has 0 spiro atoms. The number of amides is 2. The molecular weight excluding hydrogens is 235 g/mol.